The van der Waals surface area contributed by atoms with Gasteiger partial charge in [-0.25, -0.2) is 9.78 Å². The Bertz CT molecular complexity index is 1100. The van der Waals surface area contributed by atoms with Crippen molar-refractivity contribution in [3.05, 3.63) is 6.33 Å². The number of rotatable bonds is 12. The van der Waals surface area contributed by atoms with Gasteiger partial charge in [-0.3, -0.25) is 9.40 Å². The number of aliphatic hydroxyl groups is 2. The van der Waals surface area contributed by atoms with Crippen molar-refractivity contribution in [2.45, 2.75) is 70.1 Å². The van der Waals surface area contributed by atoms with Crippen molar-refractivity contribution in [2.24, 2.45) is 4.74 Å². The number of fused-ring (bicyclic) bond motifs is 1. The molecule has 15 nitrogen and oxygen atoms in total. The highest BCUT2D eigenvalue weighted by molar-refractivity contribution is 7.36. The molecule has 0 amide bonds. The molecule has 0 saturated carbocycles. The van der Waals surface area contributed by atoms with Crippen LogP contribution in [0.15, 0.2) is 11.1 Å². The Morgan fingerprint density at radius 3 is 2.83 bits per heavy atom. The second-order valence-electron chi connectivity index (χ2n) is 8.57. The minimum atomic E-state index is -2.53. The van der Waals surface area contributed by atoms with E-state index < -0.39 is 44.1 Å². The van der Waals surface area contributed by atoms with Crippen LogP contribution in [0.2, 0.25) is 0 Å². The number of carboxylic acid groups (broad SMARTS) is 1. The van der Waals surface area contributed by atoms with Crippen molar-refractivity contribution >= 4 is 31.2 Å². The maximum absolute atomic E-state index is 12.7. The molecule has 36 heavy (non-hydrogen) atoms. The Hall–Kier alpha value is -2.52. The molecule has 1 aliphatic heterocycles. The van der Waals surface area contributed by atoms with Crippen LogP contribution in [-0.2, 0) is 14.4 Å². The molecular weight excluding hydrogens is 497 g/mol. The number of nitrogens with two attached hydrogens (primary N) is 1. The predicted octanol–water partition coefficient (Wildman–Crippen LogP) is 0.179. The van der Waals surface area contributed by atoms with E-state index >= 15 is 0 Å². The number of carbonyl (C=O) groups is 1. The molecule has 1 aliphatic rings. The van der Waals surface area contributed by atoms with Crippen LogP contribution in [0.4, 0.5) is 5.95 Å². The average Bonchev–Trinajstić information content (AvgIpc) is 3.33. The third-order valence-electron chi connectivity index (χ3n) is 5.77. The number of unbranched alkanes of at least 4 members (excludes halogenated alkanes) is 2. The number of nitrogen functional groups attached to an aromatic ring is 1. The van der Waals surface area contributed by atoms with E-state index in [1.165, 1.54) is 31.9 Å². The molecule has 0 radical (unpaired) electrons. The topological polar surface area (TPSA) is 214 Å². The molecule has 1 saturated heterocycles. The second-order valence-corrected chi connectivity index (χ2v) is 9.76. The minimum absolute atomic E-state index is 0.0787. The third-order valence-corrected chi connectivity index (χ3v) is 7.01. The zero-order valence-electron chi connectivity index (χ0n) is 20.5. The van der Waals surface area contributed by atoms with Crippen LogP contribution in [0.5, 0.6) is 5.88 Å². The molecule has 16 heteroatoms. The van der Waals surface area contributed by atoms with Crippen molar-refractivity contribution in [1.29, 1.82) is 0 Å². The average molecular weight is 529 g/mol. The number of hydrogen-bond donors (Lipinski definition) is 4. The molecular formula is C20H32N7O8P. The summed E-state index contributed by atoms with van der Waals surface area (Å²) < 4.78 is 16.3. The molecule has 2 aromatic heterocycles. The van der Waals surface area contributed by atoms with E-state index in [4.69, 9.17) is 25.2 Å². The number of imidazole rings is 1. The standard InChI is InChI=1S/C20H32N7O8P/c1-5-6-7-8-27(36(32)25-11(2)17(29)30)34-9-12-14(28)20(3,31)18(35-12)26-10-22-13-15(26)23-19(21)24-16(13)33-4/h10-12,14,18,28,31H,5-9H2,1-4H3,(H,29,30)(H2,21,23,24)/t11?,12-,14-,18-,20-/m1/s1. The molecule has 3 heterocycles. The van der Waals surface area contributed by atoms with Crippen molar-refractivity contribution in [3.63, 3.8) is 0 Å². The van der Waals surface area contributed by atoms with E-state index in [1.54, 1.807) is 0 Å². The Kier molecular flexibility index (Phi) is 9.11. The predicted molar refractivity (Wildman–Crippen MR) is 125 cm³/mol. The van der Waals surface area contributed by atoms with Gasteiger partial charge >= 0.3 is 5.97 Å². The van der Waals surface area contributed by atoms with E-state index in [1.807, 2.05) is 6.92 Å². The van der Waals surface area contributed by atoms with Crippen LogP contribution in [0, 0.1) is 0 Å². The third kappa shape index (κ3) is 5.89. The molecule has 0 spiro atoms. The largest absolute Gasteiger partial charge is 0.593 e. The van der Waals surface area contributed by atoms with E-state index in [0.29, 0.717) is 6.42 Å². The number of aliphatic carboxylic acids is 1. The summed E-state index contributed by atoms with van der Waals surface area (Å²) in [6, 6.07) is -1.19. The maximum Gasteiger partial charge on any atom is 0.332 e. The van der Waals surface area contributed by atoms with Crippen LogP contribution >= 0.6 is 8.09 Å². The fourth-order valence-electron chi connectivity index (χ4n) is 3.71. The Morgan fingerprint density at radius 1 is 1.47 bits per heavy atom. The monoisotopic (exact) mass is 529 g/mol. The van der Waals surface area contributed by atoms with Gasteiger partial charge in [0.05, 0.1) is 20.0 Å². The number of hydrogen-bond acceptors (Lipinski definition) is 12. The summed E-state index contributed by atoms with van der Waals surface area (Å²) in [6.45, 7) is 4.64. The SMILES string of the molecule is CCCCCN(OC[C@H]1O[C@@H](n2cnc3c(OC)nc(N)nc32)[C@](C)(O)[C@@H]1O)/[P+]([O-])=N/C(C)C(=O)O. The van der Waals surface area contributed by atoms with E-state index in [-0.39, 0.29) is 36.1 Å². The Balaban J connectivity index is 1.81. The fraction of sp³-hybridized carbons (Fsp3) is 0.700. The molecule has 3 rings (SSSR count). The molecule has 2 aromatic rings. The first-order valence-electron chi connectivity index (χ1n) is 11.4. The zero-order chi connectivity index (χ0) is 26.6. The van der Waals surface area contributed by atoms with Gasteiger partial charge in [0.1, 0.15) is 24.4 Å². The zero-order valence-corrected chi connectivity index (χ0v) is 21.4. The normalized spacial score (nSPS) is 25.6. The summed E-state index contributed by atoms with van der Waals surface area (Å²) in [5.74, 6) is -1.15. The first-order chi connectivity index (χ1) is 17.0. The van der Waals surface area contributed by atoms with E-state index in [9.17, 15) is 19.9 Å². The van der Waals surface area contributed by atoms with Crippen LogP contribution in [0.3, 0.4) is 0 Å². The molecule has 200 valence electrons. The van der Waals surface area contributed by atoms with Gasteiger partial charge in [-0.15, -0.1) is 0 Å². The summed E-state index contributed by atoms with van der Waals surface area (Å²) in [7, 11) is -1.12. The first kappa shape index (κ1) is 28.1. The summed E-state index contributed by atoms with van der Waals surface area (Å²) in [5, 5.41) is 31.0. The number of methoxy groups -OCH3 is 1. The van der Waals surface area contributed by atoms with E-state index in [2.05, 4.69) is 19.7 Å². The highest BCUT2D eigenvalue weighted by atomic mass is 31.1. The quantitative estimate of drug-likeness (QED) is 0.164. The maximum atomic E-state index is 12.7. The number of aromatic nitrogens is 4. The molecule has 1 fully saturated rings. The van der Waals surface area contributed by atoms with E-state index in [0.717, 1.165) is 17.7 Å². The van der Waals surface area contributed by atoms with Crippen LogP contribution in [-0.4, -0.2) is 89.8 Å². The minimum Gasteiger partial charge on any atom is -0.593 e. The van der Waals surface area contributed by atoms with Crippen LogP contribution < -0.4 is 15.4 Å². The number of anilines is 1. The number of hydroxylamine groups is 1. The van der Waals surface area contributed by atoms with Crippen LogP contribution in [0.25, 0.3) is 11.2 Å². The van der Waals surface area contributed by atoms with Gasteiger partial charge in [0.15, 0.2) is 23.4 Å². The summed E-state index contributed by atoms with van der Waals surface area (Å²) in [4.78, 5) is 42.9. The molecule has 6 atom stereocenters. The van der Waals surface area contributed by atoms with Gasteiger partial charge in [-0.05, 0) is 20.3 Å². The van der Waals surface area contributed by atoms with Crippen LogP contribution in [0.1, 0.15) is 46.3 Å². The van der Waals surface area contributed by atoms with Gasteiger partial charge < -0.3 is 35.4 Å². The Labute approximate surface area is 208 Å². The first-order valence-corrected chi connectivity index (χ1v) is 12.6. The Morgan fingerprint density at radius 2 is 2.19 bits per heavy atom. The summed E-state index contributed by atoms with van der Waals surface area (Å²) >= 11 is 0. The number of ether oxygens (including phenoxy) is 2. The summed E-state index contributed by atoms with van der Waals surface area (Å²) in [6.07, 6.45) is 0.135. The van der Waals surface area contributed by atoms with Gasteiger partial charge in [0, 0.05) is 4.83 Å². The lowest BCUT2D eigenvalue weighted by Crippen LogP contribution is -2.44. The van der Waals surface area contributed by atoms with Gasteiger partial charge in [-0.2, -0.15) is 9.97 Å². The number of aliphatic hydroxyl groups excluding tert-OH is 1. The molecule has 5 N–H and O–H groups in total. The number of carboxylic acids is 1. The van der Waals surface area contributed by atoms with Gasteiger partial charge in [-0.1, -0.05) is 24.5 Å². The molecule has 0 bridgehead atoms. The number of nitrogens with zero attached hydrogens (tertiary/aromatic N) is 6. The van der Waals surface area contributed by atoms with Crippen molar-refractivity contribution in [2.75, 3.05) is 26.0 Å². The smallest absolute Gasteiger partial charge is 0.332 e. The molecule has 0 aliphatic carbocycles. The van der Waals surface area contributed by atoms with Crippen molar-refractivity contribution in [3.8, 4) is 5.88 Å². The van der Waals surface area contributed by atoms with Gasteiger partial charge in [0.2, 0.25) is 11.8 Å². The summed E-state index contributed by atoms with van der Waals surface area (Å²) in [5.41, 5.74) is 4.48. The second kappa shape index (κ2) is 11.7. The molecule has 0 aromatic carbocycles. The highest BCUT2D eigenvalue weighted by Crippen LogP contribution is 2.40. The van der Waals surface area contributed by atoms with Gasteiger partial charge in [0.25, 0.3) is 8.09 Å². The lowest BCUT2D eigenvalue weighted by Gasteiger charge is -2.27. The van der Waals surface area contributed by atoms with Crippen molar-refractivity contribution in [1.82, 2.24) is 24.4 Å². The lowest BCUT2D eigenvalue weighted by molar-refractivity contribution is -0.211. The lowest BCUT2D eigenvalue weighted by atomic mass is 9.96. The highest BCUT2D eigenvalue weighted by Gasteiger charge is 2.54. The van der Waals surface area contributed by atoms with Crippen molar-refractivity contribution < 1.29 is 39.3 Å². The fourth-order valence-corrected chi connectivity index (χ4v) is 4.70. The molecule has 2 unspecified atom stereocenters.